The van der Waals surface area contributed by atoms with E-state index in [1.165, 1.54) is 0 Å². The summed E-state index contributed by atoms with van der Waals surface area (Å²) < 4.78 is 1.98. The number of thiazole rings is 1. The van der Waals surface area contributed by atoms with Crippen LogP contribution in [0.4, 0.5) is 5.82 Å². The van der Waals surface area contributed by atoms with Crippen LogP contribution in [0.1, 0.15) is 19.8 Å². The Labute approximate surface area is 131 Å². The monoisotopic (exact) mass is 323 g/mol. The molecule has 1 fully saturated rings. The van der Waals surface area contributed by atoms with Gasteiger partial charge in [0, 0.05) is 25.6 Å². The SMILES string of the molecule is CCC(=O)N1CCC(Nc2ncnc3nc(SC)sc23)C1. The molecule has 1 aliphatic rings. The minimum Gasteiger partial charge on any atom is -0.364 e. The summed E-state index contributed by atoms with van der Waals surface area (Å²) in [6, 6.07) is 0.249. The van der Waals surface area contributed by atoms with E-state index >= 15 is 0 Å². The maximum absolute atomic E-state index is 11.7. The second kappa shape index (κ2) is 6.15. The summed E-state index contributed by atoms with van der Waals surface area (Å²) in [5.74, 6) is 1.04. The number of nitrogens with zero attached hydrogens (tertiary/aromatic N) is 4. The minimum atomic E-state index is 0.217. The zero-order chi connectivity index (χ0) is 14.8. The van der Waals surface area contributed by atoms with E-state index in [1.54, 1.807) is 29.4 Å². The van der Waals surface area contributed by atoms with E-state index in [2.05, 4.69) is 20.3 Å². The summed E-state index contributed by atoms with van der Waals surface area (Å²) in [6.07, 6.45) is 5.06. The van der Waals surface area contributed by atoms with Crippen molar-refractivity contribution in [1.29, 1.82) is 0 Å². The molecule has 0 saturated carbocycles. The summed E-state index contributed by atoms with van der Waals surface area (Å²) in [6.45, 7) is 3.46. The lowest BCUT2D eigenvalue weighted by molar-refractivity contribution is -0.129. The first-order valence-corrected chi connectivity index (χ1v) is 8.95. The maximum Gasteiger partial charge on any atom is 0.222 e. The van der Waals surface area contributed by atoms with Gasteiger partial charge in [0.05, 0.1) is 0 Å². The van der Waals surface area contributed by atoms with Gasteiger partial charge in [0.15, 0.2) is 9.99 Å². The molecule has 8 heteroatoms. The molecule has 1 saturated heterocycles. The van der Waals surface area contributed by atoms with E-state index in [4.69, 9.17) is 0 Å². The summed E-state index contributed by atoms with van der Waals surface area (Å²) in [7, 11) is 0. The molecule has 1 atom stereocenters. The molecule has 1 aliphatic heterocycles. The number of rotatable bonds is 4. The van der Waals surface area contributed by atoms with Crippen molar-refractivity contribution in [1.82, 2.24) is 19.9 Å². The third kappa shape index (κ3) is 2.96. The van der Waals surface area contributed by atoms with Crippen LogP contribution in [0.15, 0.2) is 10.7 Å². The van der Waals surface area contributed by atoms with Gasteiger partial charge in [0.2, 0.25) is 5.91 Å². The quantitative estimate of drug-likeness (QED) is 0.870. The van der Waals surface area contributed by atoms with E-state index in [0.717, 1.165) is 40.0 Å². The summed E-state index contributed by atoms with van der Waals surface area (Å²) in [5.41, 5.74) is 0.737. The van der Waals surface area contributed by atoms with Gasteiger partial charge in [-0.3, -0.25) is 4.79 Å². The molecule has 3 heterocycles. The van der Waals surface area contributed by atoms with Crippen molar-refractivity contribution in [2.24, 2.45) is 0 Å². The van der Waals surface area contributed by atoms with Crippen LogP contribution in [0.3, 0.4) is 0 Å². The normalized spacial score (nSPS) is 18.4. The van der Waals surface area contributed by atoms with Crippen LogP contribution in [0.5, 0.6) is 0 Å². The lowest BCUT2D eigenvalue weighted by Gasteiger charge is -2.16. The topological polar surface area (TPSA) is 71.0 Å². The Hall–Kier alpha value is -1.41. The number of thioether (sulfide) groups is 1. The van der Waals surface area contributed by atoms with Gasteiger partial charge in [-0.2, -0.15) is 0 Å². The first kappa shape index (κ1) is 14.5. The highest BCUT2D eigenvalue weighted by molar-refractivity contribution is 8.00. The predicted octanol–water partition coefficient (Wildman–Crippen LogP) is 2.23. The molecule has 6 nitrogen and oxygen atoms in total. The van der Waals surface area contributed by atoms with Crippen LogP contribution in [0.2, 0.25) is 0 Å². The van der Waals surface area contributed by atoms with Crippen LogP contribution in [-0.2, 0) is 4.79 Å². The Morgan fingerprint density at radius 1 is 1.57 bits per heavy atom. The van der Waals surface area contributed by atoms with Crippen molar-refractivity contribution >= 4 is 45.2 Å². The Morgan fingerprint density at radius 2 is 2.43 bits per heavy atom. The molecular formula is C13H17N5OS2. The number of hydrogen-bond acceptors (Lipinski definition) is 7. The van der Waals surface area contributed by atoms with Crippen molar-refractivity contribution in [2.75, 3.05) is 24.7 Å². The highest BCUT2D eigenvalue weighted by atomic mass is 32.2. The Kier molecular flexibility index (Phi) is 4.25. The number of hydrogen-bond donors (Lipinski definition) is 1. The van der Waals surface area contributed by atoms with Crippen molar-refractivity contribution < 1.29 is 4.79 Å². The Bertz CT molecular complexity index is 659. The van der Waals surface area contributed by atoms with E-state index in [9.17, 15) is 4.79 Å². The molecule has 1 amide bonds. The molecule has 21 heavy (non-hydrogen) atoms. The lowest BCUT2D eigenvalue weighted by Crippen LogP contribution is -2.31. The second-order valence-electron chi connectivity index (χ2n) is 4.88. The first-order chi connectivity index (χ1) is 10.2. The molecule has 1 unspecified atom stereocenters. The fourth-order valence-corrected chi connectivity index (χ4v) is 3.91. The van der Waals surface area contributed by atoms with Gasteiger partial charge in [-0.15, -0.1) is 11.3 Å². The van der Waals surface area contributed by atoms with Gasteiger partial charge in [0.1, 0.15) is 16.8 Å². The molecule has 0 bridgehead atoms. The second-order valence-corrected chi connectivity index (χ2v) is 6.93. The van der Waals surface area contributed by atoms with E-state index in [1.807, 2.05) is 18.1 Å². The van der Waals surface area contributed by atoms with Crippen LogP contribution >= 0.6 is 23.1 Å². The number of fused-ring (bicyclic) bond motifs is 1. The fourth-order valence-electron chi connectivity index (χ4n) is 2.45. The molecule has 0 spiro atoms. The van der Waals surface area contributed by atoms with Crippen molar-refractivity contribution in [3.63, 3.8) is 0 Å². The summed E-state index contributed by atoms with van der Waals surface area (Å²) in [5, 5.41) is 3.45. The molecule has 2 aromatic rings. The minimum absolute atomic E-state index is 0.217. The number of carbonyl (C=O) groups is 1. The molecule has 3 rings (SSSR count). The molecule has 112 valence electrons. The van der Waals surface area contributed by atoms with Gasteiger partial charge in [-0.05, 0) is 12.7 Å². The van der Waals surface area contributed by atoms with Crippen molar-refractivity contribution in [3.8, 4) is 0 Å². The van der Waals surface area contributed by atoms with Gasteiger partial charge in [-0.25, -0.2) is 15.0 Å². The highest BCUT2D eigenvalue weighted by Gasteiger charge is 2.26. The third-order valence-corrected chi connectivity index (χ3v) is 5.57. The van der Waals surface area contributed by atoms with Crippen LogP contribution in [-0.4, -0.2) is 51.1 Å². The van der Waals surface area contributed by atoms with E-state index < -0.39 is 0 Å². The number of aromatic nitrogens is 3. The highest BCUT2D eigenvalue weighted by Crippen LogP contribution is 2.31. The third-order valence-electron chi connectivity index (χ3n) is 3.53. The Balaban J connectivity index is 1.76. The van der Waals surface area contributed by atoms with Gasteiger partial charge >= 0.3 is 0 Å². The van der Waals surface area contributed by atoms with E-state index in [-0.39, 0.29) is 11.9 Å². The zero-order valence-corrected chi connectivity index (χ0v) is 13.6. The maximum atomic E-state index is 11.7. The number of likely N-dealkylation sites (tertiary alicyclic amines) is 1. The van der Waals surface area contributed by atoms with Gasteiger partial charge < -0.3 is 10.2 Å². The standard InChI is InChI=1S/C13H17N5OS2/c1-3-9(19)18-5-4-8(6-18)16-11-10-12(15-7-14-11)17-13(20-2)21-10/h7-8H,3-6H2,1-2H3,(H,14,15,16). The Morgan fingerprint density at radius 3 is 3.19 bits per heavy atom. The first-order valence-electron chi connectivity index (χ1n) is 6.91. The number of amides is 1. The van der Waals surface area contributed by atoms with Crippen molar-refractivity contribution in [3.05, 3.63) is 6.33 Å². The molecular weight excluding hydrogens is 306 g/mol. The summed E-state index contributed by atoms with van der Waals surface area (Å²) >= 11 is 3.21. The van der Waals surface area contributed by atoms with Crippen LogP contribution in [0.25, 0.3) is 10.3 Å². The van der Waals surface area contributed by atoms with E-state index in [0.29, 0.717) is 6.42 Å². The fraction of sp³-hybridized carbons (Fsp3) is 0.538. The summed E-state index contributed by atoms with van der Waals surface area (Å²) in [4.78, 5) is 26.6. The van der Waals surface area contributed by atoms with Crippen LogP contribution < -0.4 is 5.32 Å². The number of anilines is 1. The molecule has 2 aromatic heterocycles. The molecule has 0 radical (unpaired) electrons. The molecule has 0 aromatic carbocycles. The largest absolute Gasteiger partial charge is 0.364 e. The predicted molar refractivity (Wildman–Crippen MR) is 85.9 cm³/mol. The smallest absolute Gasteiger partial charge is 0.222 e. The average molecular weight is 323 g/mol. The molecule has 1 N–H and O–H groups in total. The van der Waals surface area contributed by atoms with Gasteiger partial charge in [0.25, 0.3) is 0 Å². The number of carbonyl (C=O) groups excluding carboxylic acids is 1. The molecule has 0 aliphatic carbocycles. The van der Waals surface area contributed by atoms with Gasteiger partial charge in [-0.1, -0.05) is 18.7 Å². The number of nitrogens with one attached hydrogen (secondary N) is 1. The average Bonchev–Trinajstić information content (AvgIpc) is 3.13. The lowest BCUT2D eigenvalue weighted by atomic mass is 10.2. The zero-order valence-electron chi connectivity index (χ0n) is 12.0. The van der Waals surface area contributed by atoms with Crippen LogP contribution in [0, 0.1) is 0 Å². The van der Waals surface area contributed by atoms with Crippen molar-refractivity contribution in [2.45, 2.75) is 30.1 Å².